The molecular formula is C27H31N7O8. The van der Waals surface area contributed by atoms with Crippen molar-refractivity contribution in [3.63, 3.8) is 0 Å². The standard InChI is InChI=1S/C27H31N7O8/c1-14-18(29-26(37)33-31-24(35)16-7-9-20(39-3)22(11-16)41-5)13-19(15(2)28-14)30-27(38)34-32-25(36)17-8-10-21(40-4)23(12-17)42-6/h7-13H,1-6H3,(H,31,35)(H,32,36)(H2,29,33,37)(H2,30,34,38). The number of nitrogens with zero attached hydrogens (tertiary/aromatic N) is 1. The highest BCUT2D eigenvalue weighted by molar-refractivity contribution is 5.99. The van der Waals surface area contributed by atoms with Gasteiger partial charge < -0.3 is 29.6 Å². The molecule has 15 nitrogen and oxygen atoms in total. The van der Waals surface area contributed by atoms with Crippen molar-refractivity contribution in [2.45, 2.75) is 13.8 Å². The van der Waals surface area contributed by atoms with Crippen LogP contribution in [0.25, 0.3) is 0 Å². The van der Waals surface area contributed by atoms with E-state index in [1.54, 1.807) is 26.0 Å². The number of carbonyl (C=O) groups excluding carboxylic acids is 4. The lowest BCUT2D eigenvalue weighted by molar-refractivity contribution is 0.0930. The van der Waals surface area contributed by atoms with Gasteiger partial charge in [0.05, 0.1) is 51.2 Å². The molecular weight excluding hydrogens is 550 g/mol. The summed E-state index contributed by atoms with van der Waals surface area (Å²) in [5, 5.41) is 5.11. The molecule has 3 aromatic rings. The summed E-state index contributed by atoms with van der Waals surface area (Å²) >= 11 is 0. The third-order valence-electron chi connectivity index (χ3n) is 5.77. The predicted molar refractivity (Wildman–Crippen MR) is 152 cm³/mol. The average molecular weight is 582 g/mol. The lowest BCUT2D eigenvalue weighted by Gasteiger charge is -2.15. The Bertz CT molecular complexity index is 1390. The van der Waals surface area contributed by atoms with E-state index < -0.39 is 23.9 Å². The number of anilines is 2. The van der Waals surface area contributed by atoms with Gasteiger partial charge in [0.2, 0.25) is 0 Å². The minimum absolute atomic E-state index is 0.219. The van der Waals surface area contributed by atoms with Crippen LogP contribution in [0.3, 0.4) is 0 Å². The van der Waals surface area contributed by atoms with Crippen LogP contribution in [0.1, 0.15) is 32.1 Å². The number of nitrogens with one attached hydrogen (secondary N) is 6. The summed E-state index contributed by atoms with van der Waals surface area (Å²) in [4.78, 5) is 54.2. The van der Waals surface area contributed by atoms with Crippen molar-refractivity contribution in [1.82, 2.24) is 26.7 Å². The lowest BCUT2D eigenvalue weighted by Crippen LogP contribution is -2.44. The Labute approximate surface area is 241 Å². The van der Waals surface area contributed by atoms with E-state index in [0.29, 0.717) is 34.4 Å². The maximum atomic E-state index is 12.5. The Balaban J connectivity index is 1.58. The van der Waals surface area contributed by atoms with Gasteiger partial charge in [-0.15, -0.1) is 0 Å². The Morgan fingerprint density at radius 1 is 0.548 bits per heavy atom. The summed E-state index contributed by atoms with van der Waals surface area (Å²) in [6, 6.07) is 8.98. The van der Waals surface area contributed by atoms with Gasteiger partial charge in [0.1, 0.15) is 0 Å². The van der Waals surface area contributed by atoms with Gasteiger partial charge in [0.25, 0.3) is 11.8 Å². The number of urea groups is 2. The number of ether oxygens (including phenoxy) is 4. The van der Waals surface area contributed by atoms with Gasteiger partial charge in [-0.1, -0.05) is 0 Å². The van der Waals surface area contributed by atoms with Crippen molar-refractivity contribution in [1.29, 1.82) is 0 Å². The molecule has 0 atom stereocenters. The maximum absolute atomic E-state index is 12.5. The topological polar surface area (TPSA) is 190 Å². The van der Waals surface area contributed by atoms with Crippen molar-refractivity contribution in [3.8, 4) is 23.0 Å². The van der Waals surface area contributed by atoms with Gasteiger partial charge in [-0.3, -0.25) is 25.4 Å². The van der Waals surface area contributed by atoms with Crippen LogP contribution in [-0.4, -0.2) is 57.3 Å². The number of methoxy groups -OCH3 is 4. The molecule has 15 heteroatoms. The smallest absolute Gasteiger partial charge is 0.337 e. The first kappa shape index (κ1) is 30.8. The second-order valence-electron chi connectivity index (χ2n) is 8.46. The van der Waals surface area contributed by atoms with Crippen molar-refractivity contribution in [2.75, 3.05) is 39.1 Å². The van der Waals surface area contributed by atoms with E-state index in [2.05, 4.69) is 37.3 Å². The molecule has 3 rings (SSSR count). The summed E-state index contributed by atoms with van der Waals surface area (Å²) in [6.07, 6.45) is 0. The molecule has 0 unspecified atom stereocenters. The van der Waals surface area contributed by atoms with E-state index in [1.165, 1.54) is 58.8 Å². The molecule has 1 aromatic heterocycles. The van der Waals surface area contributed by atoms with Crippen molar-refractivity contribution < 1.29 is 38.1 Å². The molecule has 0 aliphatic heterocycles. The Morgan fingerprint density at radius 3 is 1.29 bits per heavy atom. The predicted octanol–water partition coefficient (Wildman–Crippen LogP) is 2.67. The molecule has 0 aliphatic carbocycles. The van der Waals surface area contributed by atoms with Crippen LogP contribution in [-0.2, 0) is 0 Å². The highest BCUT2D eigenvalue weighted by Gasteiger charge is 2.15. The lowest BCUT2D eigenvalue weighted by atomic mass is 10.2. The number of aryl methyl sites for hydroxylation is 2. The molecule has 2 aromatic carbocycles. The fraction of sp³-hybridized carbons (Fsp3) is 0.222. The molecule has 0 fully saturated rings. The molecule has 0 spiro atoms. The van der Waals surface area contributed by atoms with Crippen LogP contribution in [0, 0.1) is 13.8 Å². The van der Waals surface area contributed by atoms with E-state index in [0.717, 1.165) is 0 Å². The second kappa shape index (κ2) is 14.1. The number of hydrogen-bond acceptors (Lipinski definition) is 9. The summed E-state index contributed by atoms with van der Waals surface area (Å²) in [5.74, 6) is 0.389. The minimum atomic E-state index is -0.768. The fourth-order valence-electron chi connectivity index (χ4n) is 3.61. The van der Waals surface area contributed by atoms with Crippen LogP contribution in [0.2, 0.25) is 0 Å². The van der Waals surface area contributed by atoms with Crippen LogP contribution in [0.4, 0.5) is 21.0 Å². The number of hydrogen-bond donors (Lipinski definition) is 6. The minimum Gasteiger partial charge on any atom is -0.493 e. The fourth-order valence-corrected chi connectivity index (χ4v) is 3.61. The molecule has 42 heavy (non-hydrogen) atoms. The zero-order chi connectivity index (χ0) is 30.8. The van der Waals surface area contributed by atoms with Crippen molar-refractivity contribution >= 4 is 35.3 Å². The molecule has 0 aliphatic rings. The van der Waals surface area contributed by atoms with Gasteiger partial charge >= 0.3 is 12.1 Å². The Morgan fingerprint density at radius 2 is 0.929 bits per heavy atom. The van der Waals surface area contributed by atoms with Crippen LogP contribution < -0.4 is 51.3 Å². The van der Waals surface area contributed by atoms with Gasteiger partial charge in [0, 0.05) is 11.1 Å². The maximum Gasteiger partial charge on any atom is 0.337 e. The van der Waals surface area contributed by atoms with Crippen molar-refractivity contribution in [2.24, 2.45) is 0 Å². The third-order valence-corrected chi connectivity index (χ3v) is 5.77. The largest absolute Gasteiger partial charge is 0.493 e. The SMILES string of the molecule is COc1ccc(C(=O)NNC(=O)Nc2cc(NC(=O)NNC(=O)c3ccc(OC)c(OC)c3)c(C)nc2C)cc1OC. The number of rotatable bonds is 8. The molecule has 0 bridgehead atoms. The molecule has 6 amide bonds. The molecule has 0 radical (unpaired) electrons. The first-order chi connectivity index (χ1) is 20.1. The summed E-state index contributed by atoms with van der Waals surface area (Å²) < 4.78 is 20.7. The van der Waals surface area contributed by atoms with E-state index >= 15 is 0 Å². The van der Waals surface area contributed by atoms with E-state index in [9.17, 15) is 19.2 Å². The summed E-state index contributed by atoms with van der Waals surface area (Å²) in [5.41, 5.74) is 10.9. The van der Waals surface area contributed by atoms with Gasteiger partial charge in [0.15, 0.2) is 23.0 Å². The number of carbonyl (C=O) groups is 4. The quantitative estimate of drug-likeness (QED) is 0.217. The Kier molecular flexibility index (Phi) is 10.3. The summed E-state index contributed by atoms with van der Waals surface area (Å²) in [7, 11) is 5.81. The third kappa shape index (κ3) is 7.68. The number of pyridine rings is 1. The molecule has 1 heterocycles. The Hall–Kier alpha value is -5.73. The average Bonchev–Trinajstić information content (AvgIpc) is 3.00. The van der Waals surface area contributed by atoms with Crippen molar-refractivity contribution in [3.05, 3.63) is 65.0 Å². The van der Waals surface area contributed by atoms with E-state index in [4.69, 9.17) is 18.9 Å². The molecule has 0 saturated heterocycles. The summed E-state index contributed by atoms with van der Waals surface area (Å²) in [6.45, 7) is 3.30. The van der Waals surface area contributed by atoms with Gasteiger partial charge in [-0.05, 0) is 56.3 Å². The zero-order valence-electron chi connectivity index (χ0n) is 23.8. The number of hydrazine groups is 2. The molecule has 222 valence electrons. The first-order valence-corrected chi connectivity index (χ1v) is 12.3. The molecule has 6 N–H and O–H groups in total. The van der Waals surface area contributed by atoms with Gasteiger partial charge in [-0.25, -0.2) is 20.4 Å². The number of amides is 6. The normalized spacial score (nSPS) is 10.0. The number of benzene rings is 2. The van der Waals surface area contributed by atoms with Gasteiger partial charge in [-0.2, -0.15) is 0 Å². The number of aromatic nitrogens is 1. The second-order valence-corrected chi connectivity index (χ2v) is 8.46. The highest BCUT2D eigenvalue weighted by atomic mass is 16.5. The van der Waals surface area contributed by atoms with E-state index in [1.807, 2.05) is 0 Å². The highest BCUT2D eigenvalue weighted by Crippen LogP contribution is 2.28. The first-order valence-electron chi connectivity index (χ1n) is 12.3. The zero-order valence-corrected chi connectivity index (χ0v) is 23.8. The van der Waals surface area contributed by atoms with Crippen LogP contribution in [0.5, 0.6) is 23.0 Å². The monoisotopic (exact) mass is 581 g/mol. The van der Waals surface area contributed by atoms with Crippen LogP contribution in [0.15, 0.2) is 42.5 Å². The molecule has 0 saturated carbocycles. The van der Waals surface area contributed by atoms with E-state index in [-0.39, 0.29) is 22.5 Å². The van der Waals surface area contributed by atoms with Crippen LogP contribution >= 0.6 is 0 Å².